The van der Waals surface area contributed by atoms with Crippen LogP contribution in [-0.4, -0.2) is 4.98 Å². The number of para-hydroxylation sites is 1. The third-order valence-electron chi connectivity index (χ3n) is 3.73. The van der Waals surface area contributed by atoms with Crippen LogP contribution in [0.3, 0.4) is 0 Å². The van der Waals surface area contributed by atoms with Gasteiger partial charge in [0.15, 0.2) is 0 Å². The molecule has 0 saturated carbocycles. The van der Waals surface area contributed by atoms with E-state index in [4.69, 9.17) is 5.73 Å². The summed E-state index contributed by atoms with van der Waals surface area (Å²) in [6.07, 6.45) is 2.65. The van der Waals surface area contributed by atoms with E-state index in [9.17, 15) is 0 Å². The van der Waals surface area contributed by atoms with Gasteiger partial charge in [-0.2, -0.15) is 0 Å². The van der Waals surface area contributed by atoms with Gasteiger partial charge in [-0.3, -0.25) is 4.98 Å². The molecule has 3 rings (SSSR count). The molecular weight excluding hydrogens is 244 g/mol. The molecule has 0 spiro atoms. The fourth-order valence-electron chi connectivity index (χ4n) is 2.63. The maximum Gasteiger partial charge on any atom is 0.0704 e. The molecule has 2 aromatic carbocycles. The van der Waals surface area contributed by atoms with Gasteiger partial charge >= 0.3 is 0 Å². The molecule has 1 aromatic heterocycles. The molecule has 1 atom stereocenters. The Morgan fingerprint density at radius 1 is 0.950 bits per heavy atom. The molecule has 0 saturated heterocycles. The normalized spacial score (nSPS) is 14.1. The summed E-state index contributed by atoms with van der Waals surface area (Å²) < 4.78 is 0. The van der Waals surface area contributed by atoms with Crippen molar-refractivity contribution in [2.75, 3.05) is 0 Å². The Hall–Kier alpha value is -2.19. The molecule has 0 fully saturated rings. The topological polar surface area (TPSA) is 38.9 Å². The molecule has 0 aliphatic carbocycles. The molecule has 20 heavy (non-hydrogen) atoms. The lowest BCUT2D eigenvalue weighted by Gasteiger charge is -2.26. The van der Waals surface area contributed by atoms with Gasteiger partial charge in [-0.15, -0.1) is 0 Å². The van der Waals surface area contributed by atoms with Crippen molar-refractivity contribution in [3.8, 4) is 0 Å². The van der Waals surface area contributed by atoms with Crippen molar-refractivity contribution >= 4 is 10.9 Å². The van der Waals surface area contributed by atoms with Gasteiger partial charge in [-0.1, -0.05) is 48.5 Å². The zero-order valence-electron chi connectivity index (χ0n) is 11.6. The fraction of sp³-hybridized carbons (Fsp3) is 0.167. The predicted octanol–water partition coefficient (Wildman–Crippen LogP) is 3.65. The van der Waals surface area contributed by atoms with Crippen LogP contribution >= 0.6 is 0 Å². The van der Waals surface area contributed by atoms with Crippen LogP contribution in [-0.2, 0) is 12.0 Å². The van der Waals surface area contributed by atoms with Crippen molar-refractivity contribution in [2.45, 2.75) is 18.9 Å². The first-order valence-corrected chi connectivity index (χ1v) is 6.84. The maximum absolute atomic E-state index is 6.54. The van der Waals surface area contributed by atoms with Crippen LogP contribution in [0.1, 0.15) is 18.1 Å². The van der Waals surface area contributed by atoms with Gasteiger partial charge < -0.3 is 5.73 Å². The van der Waals surface area contributed by atoms with Gasteiger partial charge in [0.2, 0.25) is 0 Å². The van der Waals surface area contributed by atoms with Crippen LogP contribution in [0.4, 0.5) is 0 Å². The van der Waals surface area contributed by atoms with Crippen molar-refractivity contribution in [1.82, 2.24) is 4.98 Å². The standard InChI is InChI=1S/C18H18N2/c1-18(19,15-7-3-2-4-8-15)13-14-11-12-20-17-10-6-5-9-16(14)17/h2-12H,13,19H2,1H3. The Morgan fingerprint density at radius 3 is 2.45 bits per heavy atom. The van der Waals surface area contributed by atoms with E-state index < -0.39 is 0 Å². The molecule has 0 aliphatic heterocycles. The summed E-state index contributed by atoms with van der Waals surface area (Å²) in [5.41, 5.74) is 9.57. The number of aromatic nitrogens is 1. The van der Waals surface area contributed by atoms with Crippen LogP contribution < -0.4 is 5.73 Å². The van der Waals surface area contributed by atoms with Gasteiger partial charge in [0.1, 0.15) is 0 Å². The van der Waals surface area contributed by atoms with Crippen molar-refractivity contribution in [3.63, 3.8) is 0 Å². The molecule has 0 amide bonds. The number of fused-ring (bicyclic) bond motifs is 1. The largest absolute Gasteiger partial charge is 0.321 e. The molecule has 0 aliphatic rings. The Balaban J connectivity index is 2.01. The first-order valence-electron chi connectivity index (χ1n) is 6.84. The second-order valence-corrected chi connectivity index (χ2v) is 5.45. The molecule has 1 heterocycles. The van der Waals surface area contributed by atoms with E-state index in [-0.39, 0.29) is 5.54 Å². The lowest BCUT2D eigenvalue weighted by Crippen LogP contribution is -2.35. The first kappa shape index (κ1) is 12.8. The van der Waals surface area contributed by atoms with Crippen LogP contribution in [0.15, 0.2) is 66.9 Å². The van der Waals surface area contributed by atoms with Gasteiger partial charge in [-0.25, -0.2) is 0 Å². The number of hydrogen-bond acceptors (Lipinski definition) is 2. The third-order valence-corrected chi connectivity index (χ3v) is 3.73. The Labute approximate surface area is 119 Å². The van der Waals surface area contributed by atoms with E-state index in [2.05, 4.69) is 36.2 Å². The van der Waals surface area contributed by atoms with Crippen LogP contribution in [0.2, 0.25) is 0 Å². The number of nitrogens with zero attached hydrogens (tertiary/aromatic N) is 1. The fourth-order valence-corrected chi connectivity index (χ4v) is 2.63. The van der Waals surface area contributed by atoms with Crippen molar-refractivity contribution in [2.24, 2.45) is 5.73 Å². The monoisotopic (exact) mass is 262 g/mol. The van der Waals surface area contributed by atoms with Crippen LogP contribution in [0.5, 0.6) is 0 Å². The molecule has 0 bridgehead atoms. The summed E-state index contributed by atoms with van der Waals surface area (Å²) in [6.45, 7) is 2.08. The molecule has 100 valence electrons. The zero-order chi connectivity index (χ0) is 14.0. The molecule has 2 N–H and O–H groups in total. The quantitative estimate of drug-likeness (QED) is 0.782. The van der Waals surface area contributed by atoms with Gasteiger partial charge in [-0.05, 0) is 36.6 Å². The summed E-state index contributed by atoms with van der Waals surface area (Å²) in [4.78, 5) is 4.40. The molecule has 2 nitrogen and oxygen atoms in total. The average Bonchev–Trinajstić information content (AvgIpc) is 2.48. The molecule has 2 heteroatoms. The summed E-state index contributed by atoms with van der Waals surface area (Å²) in [5.74, 6) is 0. The lowest BCUT2D eigenvalue weighted by atomic mass is 9.86. The van der Waals surface area contributed by atoms with Crippen molar-refractivity contribution in [3.05, 3.63) is 78.0 Å². The second kappa shape index (κ2) is 5.06. The Bertz CT molecular complexity index is 712. The lowest BCUT2D eigenvalue weighted by molar-refractivity contribution is 0.493. The minimum atomic E-state index is -0.384. The summed E-state index contributed by atoms with van der Waals surface area (Å²) in [6, 6.07) is 20.5. The second-order valence-electron chi connectivity index (χ2n) is 5.45. The Kier molecular flexibility index (Phi) is 3.25. The maximum atomic E-state index is 6.54. The molecule has 0 radical (unpaired) electrons. The molecular formula is C18H18N2. The zero-order valence-corrected chi connectivity index (χ0v) is 11.6. The summed E-state index contributed by atoms with van der Waals surface area (Å²) in [7, 11) is 0. The highest BCUT2D eigenvalue weighted by Gasteiger charge is 2.22. The van der Waals surface area contributed by atoms with Crippen LogP contribution in [0, 0.1) is 0 Å². The predicted molar refractivity (Wildman–Crippen MR) is 83.4 cm³/mol. The highest BCUT2D eigenvalue weighted by molar-refractivity contribution is 5.81. The third kappa shape index (κ3) is 2.43. The molecule has 1 unspecified atom stereocenters. The van der Waals surface area contributed by atoms with E-state index in [1.807, 2.05) is 42.6 Å². The van der Waals surface area contributed by atoms with Crippen molar-refractivity contribution in [1.29, 1.82) is 0 Å². The number of nitrogens with two attached hydrogens (primary N) is 1. The molecule has 3 aromatic rings. The minimum Gasteiger partial charge on any atom is -0.321 e. The summed E-state index contributed by atoms with van der Waals surface area (Å²) in [5, 5.41) is 1.18. The average molecular weight is 262 g/mol. The SMILES string of the molecule is CC(N)(Cc1ccnc2ccccc12)c1ccccc1. The van der Waals surface area contributed by atoms with E-state index in [1.54, 1.807) is 0 Å². The number of pyridine rings is 1. The number of rotatable bonds is 3. The number of benzene rings is 2. The van der Waals surface area contributed by atoms with Gasteiger partial charge in [0, 0.05) is 17.1 Å². The van der Waals surface area contributed by atoms with Gasteiger partial charge in [0.05, 0.1) is 5.52 Å². The van der Waals surface area contributed by atoms with Crippen LogP contribution in [0.25, 0.3) is 10.9 Å². The van der Waals surface area contributed by atoms with E-state index in [1.165, 1.54) is 10.9 Å². The highest BCUT2D eigenvalue weighted by Crippen LogP contribution is 2.26. The van der Waals surface area contributed by atoms with E-state index >= 15 is 0 Å². The van der Waals surface area contributed by atoms with E-state index in [0.29, 0.717) is 0 Å². The van der Waals surface area contributed by atoms with Gasteiger partial charge in [0.25, 0.3) is 0 Å². The highest BCUT2D eigenvalue weighted by atomic mass is 14.7. The minimum absolute atomic E-state index is 0.384. The first-order chi connectivity index (χ1) is 9.67. The summed E-state index contributed by atoms with van der Waals surface area (Å²) >= 11 is 0. The number of hydrogen-bond donors (Lipinski definition) is 1. The van der Waals surface area contributed by atoms with Crippen molar-refractivity contribution < 1.29 is 0 Å². The Morgan fingerprint density at radius 2 is 1.65 bits per heavy atom. The smallest absolute Gasteiger partial charge is 0.0704 e. The van der Waals surface area contributed by atoms with E-state index in [0.717, 1.165) is 17.5 Å².